The lowest BCUT2D eigenvalue weighted by molar-refractivity contribution is 0.0649. The number of carboxylic acid groups (broad SMARTS) is 2. The molecule has 0 saturated carbocycles. The van der Waals surface area contributed by atoms with Crippen molar-refractivity contribution < 1.29 is 29.6 Å². The summed E-state index contributed by atoms with van der Waals surface area (Å²) in [5.74, 6) is -3.28. The molecule has 8 nitrogen and oxygen atoms in total. The van der Waals surface area contributed by atoms with Gasteiger partial charge in [0.25, 0.3) is 0 Å². The first-order chi connectivity index (χ1) is 8.47. The van der Waals surface area contributed by atoms with Crippen molar-refractivity contribution in [2.24, 2.45) is 0 Å². The van der Waals surface area contributed by atoms with Crippen molar-refractivity contribution in [3.8, 4) is 11.6 Å². The van der Waals surface area contributed by atoms with Gasteiger partial charge in [0.2, 0.25) is 5.88 Å². The SMILES string of the molecule is COc1ccc(O)c2c(C(=O)O)c(C(=O)O)nn12. The maximum absolute atomic E-state index is 11.1. The Balaban J connectivity index is 2.97. The van der Waals surface area contributed by atoms with Crippen molar-refractivity contribution in [1.29, 1.82) is 0 Å². The van der Waals surface area contributed by atoms with E-state index in [1.807, 2.05) is 0 Å². The lowest BCUT2D eigenvalue weighted by Gasteiger charge is -2.04. The summed E-state index contributed by atoms with van der Waals surface area (Å²) in [6.45, 7) is 0. The van der Waals surface area contributed by atoms with Crippen LogP contribution >= 0.6 is 0 Å². The number of methoxy groups -OCH3 is 1. The third-order valence-corrected chi connectivity index (χ3v) is 2.35. The summed E-state index contributed by atoms with van der Waals surface area (Å²) >= 11 is 0. The van der Waals surface area contributed by atoms with E-state index in [1.165, 1.54) is 19.2 Å². The molecule has 18 heavy (non-hydrogen) atoms. The quantitative estimate of drug-likeness (QED) is 0.724. The van der Waals surface area contributed by atoms with Crippen molar-refractivity contribution in [2.45, 2.75) is 0 Å². The maximum Gasteiger partial charge on any atom is 0.357 e. The molecule has 0 spiro atoms. The van der Waals surface area contributed by atoms with E-state index in [0.29, 0.717) is 0 Å². The van der Waals surface area contributed by atoms with Crippen LogP contribution in [0, 0.1) is 0 Å². The predicted molar refractivity (Wildman–Crippen MR) is 57.3 cm³/mol. The number of rotatable bonds is 3. The van der Waals surface area contributed by atoms with Gasteiger partial charge in [-0.15, -0.1) is 0 Å². The Bertz CT molecular complexity index is 660. The molecule has 0 aliphatic rings. The first-order valence-corrected chi connectivity index (χ1v) is 4.72. The molecule has 0 atom stereocenters. The van der Waals surface area contributed by atoms with Crippen LogP contribution in [0.3, 0.4) is 0 Å². The van der Waals surface area contributed by atoms with Gasteiger partial charge in [0.15, 0.2) is 5.69 Å². The fraction of sp³-hybridized carbons (Fsp3) is 0.100. The van der Waals surface area contributed by atoms with Crippen molar-refractivity contribution in [2.75, 3.05) is 7.11 Å². The maximum atomic E-state index is 11.1. The van der Waals surface area contributed by atoms with Gasteiger partial charge in [-0.2, -0.15) is 9.61 Å². The molecule has 0 aliphatic heterocycles. The number of aromatic nitrogens is 2. The van der Waals surface area contributed by atoms with E-state index in [0.717, 1.165) is 4.52 Å². The lowest BCUT2D eigenvalue weighted by atomic mass is 10.2. The number of hydrogen-bond donors (Lipinski definition) is 3. The third kappa shape index (κ3) is 1.51. The molecule has 0 radical (unpaired) electrons. The molecule has 8 heteroatoms. The highest BCUT2D eigenvalue weighted by atomic mass is 16.5. The Kier molecular flexibility index (Phi) is 2.55. The number of pyridine rings is 1. The van der Waals surface area contributed by atoms with Gasteiger partial charge in [-0.05, 0) is 6.07 Å². The highest BCUT2D eigenvalue weighted by Gasteiger charge is 2.27. The average molecular weight is 252 g/mol. The molecule has 0 fully saturated rings. The molecule has 0 bridgehead atoms. The molecule has 0 aromatic carbocycles. The fourth-order valence-corrected chi connectivity index (χ4v) is 1.62. The Morgan fingerprint density at radius 2 is 1.94 bits per heavy atom. The lowest BCUT2D eigenvalue weighted by Crippen LogP contribution is -2.06. The van der Waals surface area contributed by atoms with Crippen LogP contribution in [0.2, 0.25) is 0 Å². The number of carboxylic acids is 2. The van der Waals surface area contributed by atoms with E-state index in [-0.39, 0.29) is 11.4 Å². The first-order valence-electron chi connectivity index (χ1n) is 4.72. The van der Waals surface area contributed by atoms with Crippen molar-refractivity contribution >= 4 is 17.5 Å². The topological polar surface area (TPSA) is 121 Å². The fourth-order valence-electron chi connectivity index (χ4n) is 1.62. The van der Waals surface area contributed by atoms with E-state index >= 15 is 0 Å². The van der Waals surface area contributed by atoms with Crippen LogP contribution in [0.4, 0.5) is 0 Å². The monoisotopic (exact) mass is 252 g/mol. The van der Waals surface area contributed by atoms with Gasteiger partial charge in [-0.3, -0.25) is 0 Å². The van der Waals surface area contributed by atoms with Crippen LogP contribution in [0.1, 0.15) is 20.8 Å². The van der Waals surface area contributed by atoms with Crippen LogP contribution < -0.4 is 4.74 Å². The Labute approximate surface area is 99.7 Å². The summed E-state index contributed by atoms with van der Waals surface area (Å²) in [4.78, 5) is 22.0. The highest BCUT2D eigenvalue weighted by molar-refractivity contribution is 6.07. The van der Waals surface area contributed by atoms with E-state index in [9.17, 15) is 14.7 Å². The summed E-state index contributed by atoms with van der Waals surface area (Å²) in [6.07, 6.45) is 0. The first kappa shape index (κ1) is 11.7. The minimum atomic E-state index is -1.50. The number of ether oxygens (including phenoxy) is 1. The van der Waals surface area contributed by atoms with Gasteiger partial charge in [-0.25, -0.2) is 9.59 Å². The Hall–Kier alpha value is -2.77. The normalized spacial score (nSPS) is 10.5. The van der Waals surface area contributed by atoms with Crippen LogP contribution in [-0.2, 0) is 0 Å². The number of hydrogen-bond acceptors (Lipinski definition) is 5. The number of fused-ring (bicyclic) bond motifs is 1. The molecule has 2 aromatic rings. The summed E-state index contributed by atoms with van der Waals surface area (Å²) in [5.41, 5.74) is -1.47. The standard InChI is InChI=1S/C10H8N2O6/c1-18-5-3-2-4(13)8-6(9(14)15)7(10(16)17)11-12(5)8/h2-3,13H,1H3,(H,14,15)(H,16,17). The van der Waals surface area contributed by atoms with Crippen molar-refractivity contribution in [3.63, 3.8) is 0 Å². The predicted octanol–water partition coefficient (Wildman–Crippen LogP) is 0.445. The molecular weight excluding hydrogens is 244 g/mol. The van der Waals surface area contributed by atoms with Crippen LogP contribution in [0.15, 0.2) is 12.1 Å². The smallest absolute Gasteiger partial charge is 0.357 e. The third-order valence-electron chi connectivity index (χ3n) is 2.35. The molecular formula is C10H8N2O6. The zero-order chi connectivity index (χ0) is 13.4. The zero-order valence-electron chi connectivity index (χ0n) is 9.12. The zero-order valence-corrected chi connectivity index (χ0v) is 9.12. The number of carbonyl (C=O) groups is 2. The highest BCUT2D eigenvalue weighted by Crippen LogP contribution is 2.29. The number of aromatic carboxylic acids is 2. The van der Waals surface area contributed by atoms with Gasteiger partial charge in [-0.1, -0.05) is 0 Å². The molecule has 2 aromatic heterocycles. The van der Waals surface area contributed by atoms with Gasteiger partial charge in [0, 0.05) is 6.07 Å². The number of aromatic hydroxyl groups is 1. The Morgan fingerprint density at radius 1 is 1.28 bits per heavy atom. The summed E-state index contributed by atoms with van der Waals surface area (Å²) in [7, 11) is 1.31. The Morgan fingerprint density at radius 3 is 2.44 bits per heavy atom. The van der Waals surface area contributed by atoms with Crippen LogP contribution in [-0.4, -0.2) is 44.0 Å². The second-order valence-electron chi connectivity index (χ2n) is 3.36. The molecule has 0 aliphatic carbocycles. The van der Waals surface area contributed by atoms with Gasteiger partial charge in [0.1, 0.15) is 16.8 Å². The largest absolute Gasteiger partial charge is 0.506 e. The van der Waals surface area contributed by atoms with Crippen LogP contribution in [0.5, 0.6) is 11.6 Å². The molecule has 0 amide bonds. The van der Waals surface area contributed by atoms with Gasteiger partial charge < -0.3 is 20.1 Å². The van der Waals surface area contributed by atoms with Crippen LogP contribution in [0.25, 0.3) is 5.52 Å². The molecule has 2 heterocycles. The summed E-state index contributed by atoms with van der Waals surface area (Å²) in [6, 6.07) is 2.54. The molecule has 94 valence electrons. The van der Waals surface area contributed by atoms with Crippen molar-refractivity contribution in [3.05, 3.63) is 23.4 Å². The van der Waals surface area contributed by atoms with E-state index in [4.69, 9.17) is 14.9 Å². The van der Waals surface area contributed by atoms with E-state index < -0.39 is 28.9 Å². The second kappa shape index (κ2) is 3.91. The molecule has 3 N–H and O–H groups in total. The summed E-state index contributed by atoms with van der Waals surface area (Å²) < 4.78 is 5.85. The minimum Gasteiger partial charge on any atom is -0.506 e. The van der Waals surface area contributed by atoms with E-state index in [2.05, 4.69) is 5.10 Å². The average Bonchev–Trinajstić information content (AvgIpc) is 2.71. The van der Waals surface area contributed by atoms with Crippen molar-refractivity contribution in [1.82, 2.24) is 9.61 Å². The minimum absolute atomic E-state index is 0.109. The van der Waals surface area contributed by atoms with E-state index in [1.54, 1.807) is 0 Å². The molecule has 0 unspecified atom stereocenters. The second-order valence-corrected chi connectivity index (χ2v) is 3.36. The van der Waals surface area contributed by atoms with Gasteiger partial charge >= 0.3 is 11.9 Å². The molecule has 0 saturated heterocycles. The summed E-state index contributed by atoms with van der Waals surface area (Å²) in [5, 5.41) is 31.2. The van der Waals surface area contributed by atoms with Gasteiger partial charge in [0.05, 0.1) is 7.11 Å². The molecule has 2 rings (SSSR count). The number of nitrogens with zero attached hydrogens (tertiary/aromatic N) is 2.